The number of para-hydroxylation sites is 2. The Kier molecular flexibility index (Phi) is 9.74. The SMILES string of the molecule is CCOc1cc(-c2nn(-c3ccccc3)c(C(=O)OC)c2C(=O)OC)ccc1OCC(=O)Nc1ccccc1C(=O)OC. The Morgan fingerprint density at radius 1 is 0.767 bits per heavy atom. The van der Waals surface area contributed by atoms with Crippen LogP contribution in [0.4, 0.5) is 5.69 Å². The fraction of sp³-hybridized carbons (Fsp3) is 0.194. The molecular formula is C31H29N3O9. The smallest absolute Gasteiger partial charge is 0.357 e. The summed E-state index contributed by atoms with van der Waals surface area (Å²) in [5.74, 6) is -2.21. The molecule has 0 atom stereocenters. The lowest BCUT2D eigenvalue weighted by Crippen LogP contribution is -2.22. The van der Waals surface area contributed by atoms with Crippen LogP contribution in [0.15, 0.2) is 72.8 Å². The van der Waals surface area contributed by atoms with E-state index in [1.54, 1.807) is 73.7 Å². The summed E-state index contributed by atoms with van der Waals surface area (Å²) in [6.07, 6.45) is 0. The number of rotatable bonds is 11. The molecule has 0 aliphatic rings. The molecule has 0 saturated carbocycles. The maximum absolute atomic E-state index is 13.0. The molecule has 3 aromatic carbocycles. The summed E-state index contributed by atoms with van der Waals surface area (Å²) < 4.78 is 27.6. The summed E-state index contributed by atoms with van der Waals surface area (Å²) in [6.45, 7) is 1.62. The van der Waals surface area contributed by atoms with Crippen molar-refractivity contribution in [3.8, 4) is 28.4 Å². The van der Waals surface area contributed by atoms with Gasteiger partial charge in [0.2, 0.25) is 0 Å². The van der Waals surface area contributed by atoms with E-state index in [4.69, 9.17) is 23.7 Å². The quantitative estimate of drug-likeness (QED) is 0.199. The third-order valence-electron chi connectivity index (χ3n) is 6.14. The van der Waals surface area contributed by atoms with E-state index in [2.05, 4.69) is 10.4 Å². The maximum Gasteiger partial charge on any atom is 0.357 e. The largest absolute Gasteiger partial charge is 0.490 e. The Bertz CT molecular complexity index is 1650. The number of hydrogen-bond acceptors (Lipinski definition) is 10. The van der Waals surface area contributed by atoms with Crippen LogP contribution in [0.3, 0.4) is 0 Å². The van der Waals surface area contributed by atoms with E-state index in [9.17, 15) is 19.2 Å². The van der Waals surface area contributed by atoms with Crippen molar-refractivity contribution in [3.63, 3.8) is 0 Å². The fourth-order valence-corrected chi connectivity index (χ4v) is 4.21. The topological polar surface area (TPSA) is 144 Å². The van der Waals surface area contributed by atoms with E-state index in [1.165, 1.54) is 32.1 Å². The van der Waals surface area contributed by atoms with Gasteiger partial charge in [0.1, 0.15) is 11.3 Å². The molecule has 0 radical (unpaired) electrons. The number of carbonyl (C=O) groups is 4. The van der Waals surface area contributed by atoms with E-state index < -0.39 is 30.4 Å². The minimum Gasteiger partial charge on any atom is -0.490 e. The molecule has 12 heteroatoms. The first-order valence-electron chi connectivity index (χ1n) is 13.0. The fourth-order valence-electron chi connectivity index (χ4n) is 4.21. The monoisotopic (exact) mass is 587 g/mol. The van der Waals surface area contributed by atoms with E-state index in [0.29, 0.717) is 11.3 Å². The third kappa shape index (κ3) is 6.64. The Balaban J connectivity index is 1.68. The number of nitrogens with zero attached hydrogens (tertiary/aromatic N) is 2. The molecule has 12 nitrogen and oxygen atoms in total. The molecule has 4 rings (SSSR count). The molecule has 1 N–H and O–H groups in total. The predicted molar refractivity (Wildman–Crippen MR) is 155 cm³/mol. The van der Waals surface area contributed by atoms with Crippen molar-refractivity contribution in [1.29, 1.82) is 0 Å². The Morgan fingerprint density at radius 2 is 1.44 bits per heavy atom. The average molecular weight is 588 g/mol. The molecule has 0 bridgehead atoms. The van der Waals surface area contributed by atoms with E-state index in [1.807, 2.05) is 0 Å². The molecule has 43 heavy (non-hydrogen) atoms. The minimum atomic E-state index is -0.792. The molecule has 4 aromatic rings. The van der Waals surface area contributed by atoms with Gasteiger partial charge in [-0.15, -0.1) is 0 Å². The van der Waals surface area contributed by atoms with Crippen LogP contribution in [0.25, 0.3) is 16.9 Å². The minimum absolute atomic E-state index is 0.0991. The number of ether oxygens (including phenoxy) is 5. The van der Waals surface area contributed by atoms with E-state index >= 15 is 0 Å². The van der Waals surface area contributed by atoms with Gasteiger partial charge in [0.15, 0.2) is 23.8 Å². The lowest BCUT2D eigenvalue weighted by molar-refractivity contribution is -0.118. The first-order chi connectivity index (χ1) is 20.8. The lowest BCUT2D eigenvalue weighted by atomic mass is 10.0. The summed E-state index contributed by atoms with van der Waals surface area (Å²) in [6, 6.07) is 19.9. The molecule has 0 spiro atoms. The van der Waals surface area contributed by atoms with E-state index in [0.717, 1.165) is 0 Å². The zero-order chi connectivity index (χ0) is 30.9. The third-order valence-corrected chi connectivity index (χ3v) is 6.14. The molecular weight excluding hydrogens is 558 g/mol. The summed E-state index contributed by atoms with van der Waals surface area (Å²) >= 11 is 0. The molecule has 0 aliphatic heterocycles. The molecule has 222 valence electrons. The number of aromatic nitrogens is 2. The van der Waals surface area contributed by atoms with Gasteiger partial charge in [0.05, 0.1) is 44.9 Å². The van der Waals surface area contributed by atoms with E-state index in [-0.39, 0.29) is 46.3 Å². The number of hydrogen-bond donors (Lipinski definition) is 1. The van der Waals surface area contributed by atoms with Crippen molar-refractivity contribution in [2.24, 2.45) is 0 Å². The summed E-state index contributed by atoms with van der Waals surface area (Å²) in [5.41, 5.74) is 1.32. The van der Waals surface area contributed by atoms with Crippen LogP contribution in [-0.2, 0) is 19.0 Å². The van der Waals surface area contributed by atoms with Gasteiger partial charge in [-0.25, -0.2) is 19.1 Å². The van der Waals surface area contributed by atoms with Crippen molar-refractivity contribution >= 4 is 29.5 Å². The Hall–Kier alpha value is -5.65. The highest BCUT2D eigenvalue weighted by atomic mass is 16.5. The van der Waals surface area contributed by atoms with Crippen LogP contribution in [0.5, 0.6) is 11.5 Å². The highest BCUT2D eigenvalue weighted by Gasteiger charge is 2.31. The van der Waals surface area contributed by atoms with Gasteiger partial charge in [0, 0.05) is 5.56 Å². The number of anilines is 1. The van der Waals surface area contributed by atoms with Gasteiger partial charge in [-0.2, -0.15) is 5.10 Å². The van der Waals surface area contributed by atoms with Crippen molar-refractivity contribution in [3.05, 3.63) is 89.6 Å². The van der Waals surface area contributed by atoms with Gasteiger partial charge in [-0.1, -0.05) is 30.3 Å². The molecule has 0 aliphatic carbocycles. The summed E-state index contributed by atoms with van der Waals surface area (Å²) in [7, 11) is 3.65. The summed E-state index contributed by atoms with van der Waals surface area (Å²) in [5, 5.41) is 7.23. The van der Waals surface area contributed by atoms with Crippen LogP contribution in [0.2, 0.25) is 0 Å². The van der Waals surface area contributed by atoms with Crippen molar-refractivity contribution in [2.75, 3.05) is 39.9 Å². The number of benzene rings is 3. The van der Waals surface area contributed by atoms with Gasteiger partial charge in [-0.05, 0) is 49.4 Å². The second kappa shape index (κ2) is 13.8. The number of esters is 3. The highest BCUT2D eigenvalue weighted by Crippen LogP contribution is 2.36. The molecule has 1 aromatic heterocycles. The normalized spacial score (nSPS) is 10.4. The van der Waals surface area contributed by atoms with Crippen molar-refractivity contribution in [1.82, 2.24) is 9.78 Å². The average Bonchev–Trinajstić information content (AvgIpc) is 3.44. The summed E-state index contributed by atoms with van der Waals surface area (Å²) in [4.78, 5) is 50.6. The maximum atomic E-state index is 13.0. The van der Waals surface area contributed by atoms with Crippen LogP contribution in [-0.4, -0.2) is 68.1 Å². The van der Waals surface area contributed by atoms with Crippen LogP contribution >= 0.6 is 0 Å². The second-order valence-electron chi connectivity index (χ2n) is 8.77. The zero-order valence-corrected chi connectivity index (χ0v) is 23.9. The highest BCUT2D eigenvalue weighted by molar-refractivity contribution is 6.07. The standard InChI is InChI=1S/C31H29N3O9/c1-5-42-24-17-19(15-16-23(24)43-18-25(35)32-22-14-10-9-13-21(22)29(36)39-2)27-26(30(37)40-3)28(31(38)41-4)34(33-27)20-11-7-6-8-12-20/h6-17H,5,18H2,1-4H3,(H,32,35). The number of amides is 1. The van der Waals surface area contributed by atoms with Gasteiger partial charge in [0.25, 0.3) is 5.91 Å². The van der Waals surface area contributed by atoms with Crippen LogP contribution in [0.1, 0.15) is 38.1 Å². The van der Waals surface area contributed by atoms with Crippen molar-refractivity contribution in [2.45, 2.75) is 6.92 Å². The predicted octanol–water partition coefficient (Wildman–Crippen LogP) is 4.32. The molecule has 1 amide bonds. The number of carbonyl (C=O) groups excluding carboxylic acids is 4. The second-order valence-corrected chi connectivity index (χ2v) is 8.77. The molecule has 0 unspecified atom stereocenters. The first-order valence-corrected chi connectivity index (χ1v) is 13.0. The molecule has 0 fully saturated rings. The number of methoxy groups -OCH3 is 3. The number of nitrogens with one attached hydrogen (secondary N) is 1. The van der Waals surface area contributed by atoms with Gasteiger partial charge in [-0.3, -0.25) is 4.79 Å². The molecule has 0 saturated heterocycles. The Labute approximate surface area is 247 Å². The molecule has 1 heterocycles. The van der Waals surface area contributed by atoms with Crippen LogP contribution < -0.4 is 14.8 Å². The van der Waals surface area contributed by atoms with Crippen molar-refractivity contribution < 1.29 is 42.9 Å². The first kappa shape index (κ1) is 30.3. The van der Waals surface area contributed by atoms with Gasteiger partial charge >= 0.3 is 17.9 Å². The zero-order valence-electron chi connectivity index (χ0n) is 23.9. The van der Waals surface area contributed by atoms with Gasteiger partial charge < -0.3 is 29.0 Å². The Morgan fingerprint density at radius 3 is 2.12 bits per heavy atom. The van der Waals surface area contributed by atoms with Crippen LogP contribution in [0, 0.1) is 0 Å². The lowest BCUT2D eigenvalue weighted by Gasteiger charge is -2.14.